The molecule has 112 valence electrons. The zero-order chi connectivity index (χ0) is 15.4. The lowest BCUT2D eigenvalue weighted by Gasteiger charge is -2.12. The molecule has 21 heavy (non-hydrogen) atoms. The van der Waals surface area contributed by atoms with Gasteiger partial charge in [-0.25, -0.2) is 13.2 Å². The van der Waals surface area contributed by atoms with E-state index in [1.54, 1.807) is 18.2 Å². The van der Waals surface area contributed by atoms with Gasteiger partial charge in [-0.1, -0.05) is 6.92 Å². The number of nitrogens with one attached hydrogen (secondary N) is 1. The summed E-state index contributed by atoms with van der Waals surface area (Å²) in [4.78, 5) is 0. The minimum atomic E-state index is -1.23. The largest absolute Gasteiger partial charge is 0.491 e. The van der Waals surface area contributed by atoms with E-state index in [1.807, 2.05) is 6.92 Å². The van der Waals surface area contributed by atoms with Crippen molar-refractivity contribution < 1.29 is 17.9 Å². The molecule has 6 heteroatoms. The van der Waals surface area contributed by atoms with Gasteiger partial charge in [0, 0.05) is 23.9 Å². The normalized spacial score (nSPS) is 10.5. The van der Waals surface area contributed by atoms with Gasteiger partial charge in [-0.15, -0.1) is 0 Å². The molecular formula is C15H15F3N2O. The highest BCUT2D eigenvalue weighted by molar-refractivity contribution is 5.67. The predicted octanol–water partition coefficient (Wildman–Crippen LogP) is 4.22. The summed E-state index contributed by atoms with van der Waals surface area (Å²) >= 11 is 0. The van der Waals surface area contributed by atoms with Crippen molar-refractivity contribution in [3.05, 3.63) is 47.8 Å². The van der Waals surface area contributed by atoms with Crippen LogP contribution in [0.2, 0.25) is 0 Å². The Hall–Kier alpha value is -2.37. The molecule has 0 aliphatic carbocycles. The Morgan fingerprint density at radius 1 is 1.05 bits per heavy atom. The minimum Gasteiger partial charge on any atom is -0.491 e. The van der Waals surface area contributed by atoms with E-state index < -0.39 is 17.5 Å². The molecule has 0 aliphatic heterocycles. The minimum absolute atomic E-state index is 0.167. The second-order valence-electron chi connectivity index (χ2n) is 4.47. The van der Waals surface area contributed by atoms with E-state index in [1.165, 1.54) is 0 Å². The number of hydrogen-bond donors (Lipinski definition) is 2. The summed E-state index contributed by atoms with van der Waals surface area (Å²) in [7, 11) is 0. The molecule has 2 rings (SSSR count). The monoisotopic (exact) mass is 296 g/mol. The Labute approximate surface area is 120 Å². The van der Waals surface area contributed by atoms with Crippen LogP contribution in [0.5, 0.6) is 5.75 Å². The predicted molar refractivity (Wildman–Crippen MR) is 76.2 cm³/mol. The van der Waals surface area contributed by atoms with Crippen LogP contribution in [0.15, 0.2) is 30.3 Å². The summed E-state index contributed by atoms with van der Waals surface area (Å²) in [6, 6.07) is 6.00. The van der Waals surface area contributed by atoms with Gasteiger partial charge in [-0.2, -0.15) is 0 Å². The van der Waals surface area contributed by atoms with Gasteiger partial charge in [-0.05, 0) is 18.6 Å². The molecule has 0 heterocycles. The second kappa shape index (κ2) is 6.39. The molecule has 0 aromatic heterocycles. The van der Waals surface area contributed by atoms with Crippen LogP contribution in [0.3, 0.4) is 0 Å². The summed E-state index contributed by atoms with van der Waals surface area (Å²) in [6.07, 6.45) is 0.814. The Kier molecular flexibility index (Phi) is 4.57. The Morgan fingerprint density at radius 2 is 1.76 bits per heavy atom. The fraction of sp³-hybridized carbons (Fsp3) is 0.200. The van der Waals surface area contributed by atoms with Crippen LogP contribution >= 0.6 is 0 Å². The van der Waals surface area contributed by atoms with Gasteiger partial charge in [0.05, 0.1) is 18.0 Å². The Bertz CT molecular complexity index is 647. The molecular weight excluding hydrogens is 281 g/mol. The topological polar surface area (TPSA) is 47.3 Å². The number of nitrogens with two attached hydrogens (primary N) is 1. The molecule has 0 saturated heterocycles. The van der Waals surface area contributed by atoms with E-state index >= 15 is 0 Å². The van der Waals surface area contributed by atoms with Crippen molar-refractivity contribution in [2.75, 3.05) is 17.7 Å². The molecule has 2 aromatic carbocycles. The van der Waals surface area contributed by atoms with Gasteiger partial charge >= 0.3 is 0 Å². The molecule has 0 aliphatic rings. The van der Waals surface area contributed by atoms with Crippen molar-refractivity contribution in [2.45, 2.75) is 13.3 Å². The summed E-state index contributed by atoms with van der Waals surface area (Å²) in [5, 5.41) is 2.67. The van der Waals surface area contributed by atoms with Crippen LogP contribution in [0, 0.1) is 17.5 Å². The number of halogens is 3. The third kappa shape index (κ3) is 3.59. The highest BCUT2D eigenvalue weighted by atomic mass is 19.2. The number of anilines is 3. The summed E-state index contributed by atoms with van der Waals surface area (Å²) in [6.45, 7) is 2.45. The van der Waals surface area contributed by atoms with Crippen LogP contribution in [0.25, 0.3) is 0 Å². The smallest absolute Gasteiger partial charge is 0.161 e. The number of ether oxygens (including phenoxy) is 1. The lowest BCUT2D eigenvalue weighted by atomic mass is 10.2. The van der Waals surface area contributed by atoms with Gasteiger partial charge < -0.3 is 15.8 Å². The molecule has 0 spiro atoms. The third-order valence-electron chi connectivity index (χ3n) is 2.76. The van der Waals surface area contributed by atoms with Crippen molar-refractivity contribution in [2.24, 2.45) is 0 Å². The van der Waals surface area contributed by atoms with E-state index in [9.17, 15) is 13.2 Å². The maximum Gasteiger partial charge on any atom is 0.161 e. The standard InChI is InChI=1S/C15H15F3N2O/c1-2-5-21-15-6-9(3-4-13(15)19)20-14-8-11(17)10(16)7-12(14)18/h3-4,6-8,20H,2,5,19H2,1H3. The van der Waals surface area contributed by atoms with E-state index in [-0.39, 0.29) is 5.69 Å². The molecule has 3 nitrogen and oxygen atoms in total. The molecule has 3 N–H and O–H groups in total. The van der Waals surface area contributed by atoms with Crippen LogP contribution < -0.4 is 15.8 Å². The number of hydrogen-bond acceptors (Lipinski definition) is 3. The van der Waals surface area contributed by atoms with Crippen molar-refractivity contribution in [3.8, 4) is 5.75 Å². The maximum absolute atomic E-state index is 13.6. The summed E-state index contributed by atoms with van der Waals surface area (Å²) < 4.78 is 45.0. The van der Waals surface area contributed by atoms with Crippen molar-refractivity contribution >= 4 is 17.1 Å². The first-order chi connectivity index (χ1) is 10.0. The molecule has 0 unspecified atom stereocenters. The van der Waals surface area contributed by atoms with Gasteiger partial charge in [0.1, 0.15) is 11.6 Å². The molecule has 0 saturated carbocycles. The highest BCUT2D eigenvalue weighted by Gasteiger charge is 2.11. The lowest BCUT2D eigenvalue weighted by Crippen LogP contribution is -2.01. The van der Waals surface area contributed by atoms with Crippen molar-refractivity contribution in [3.63, 3.8) is 0 Å². The molecule has 0 amide bonds. The molecule has 0 radical (unpaired) electrons. The average molecular weight is 296 g/mol. The maximum atomic E-state index is 13.6. The molecule has 0 fully saturated rings. The van der Waals surface area contributed by atoms with Gasteiger partial charge in [0.2, 0.25) is 0 Å². The number of nitrogen functional groups attached to an aromatic ring is 1. The average Bonchev–Trinajstić information content (AvgIpc) is 2.45. The summed E-state index contributed by atoms with van der Waals surface area (Å²) in [5.41, 5.74) is 6.50. The van der Waals surface area contributed by atoms with E-state index in [2.05, 4.69) is 5.32 Å². The van der Waals surface area contributed by atoms with E-state index in [0.717, 1.165) is 12.5 Å². The highest BCUT2D eigenvalue weighted by Crippen LogP contribution is 2.29. The van der Waals surface area contributed by atoms with Crippen LogP contribution in [-0.4, -0.2) is 6.61 Å². The van der Waals surface area contributed by atoms with Crippen LogP contribution in [0.4, 0.5) is 30.2 Å². The zero-order valence-corrected chi connectivity index (χ0v) is 11.4. The summed E-state index contributed by atoms with van der Waals surface area (Å²) in [5.74, 6) is -2.80. The Balaban J connectivity index is 2.25. The number of benzene rings is 2. The Morgan fingerprint density at radius 3 is 2.48 bits per heavy atom. The van der Waals surface area contributed by atoms with Crippen molar-refractivity contribution in [1.29, 1.82) is 0 Å². The van der Waals surface area contributed by atoms with Crippen LogP contribution in [0.1, 0.15) is 13.3 Å². The van der Waals surface area contributed by atoms with Crippen molar-refractivity contribution in [1.82, 2.24) is 0 Å². The van der Waals surface area contributed by atoms with E-state index in [4.69, 9.17) is 10.5 Å². The quantitative estimate of drug-likeness (QED) is 0.641. The third-order valence-corrected chi connectivity index (χ3v) is 2.76. The van der Waals surface area contributed by atoms with Gasteiger partial charge in [0.15, 0.2) is 11.6 Å². The first-order valence-corrected chi connectivity index (χ1v) is 6.45. The molecule has 0 atom stereocenters. The first kappa shape index (κ1) is 15.0. The van der Waals surface area contributed by atoms with Gasteiger partial charge in [-0.3, -0.25) is 0 Å². The molecule has 2 aromatic rings. The molecule has 0 bridgehead atoms. The fourth-order valence-electron chi connectivity index (χ4n) is 1.72. The SMILES string of the molecule is CCCOc1cc(Nc2cc(F)c(F)cc2F)ccc1N. The lowest BCUT2D eigenvalue weighted by molar-refractivity contribution is 0.319. The number of rotatable bonds is 5. The van der Waals surface area contributed by atoms with Crippen LogP contribution in [-0.2, 0) is 0 Å². The second-order valence-corrected chi connectivity index (χ2v) is 4.47. The van der Waals surface area contributed by atoms with E-state index in [0.29, 0.717) is 29.8 Å². The fourth-order valence-corrected chi connectivity index (χ4v) is 1.72. The van der Waals surface area contributed by atoms with Gasteiger partial charge in [0.25, 0.3) is 0 Å². The first-order valence-electron chi connectivity index (χ1n) is 6.45. The zero-order valence-electron chi connectivity index (χ0n) is 11.4.